The topological polar surface area (TPSA) is 68.2 Å². The summed E-state index contributed by atoms with van der Waals surface area (Å²) in [7, 11) is 0. The first-order chi connectivity index (χ1) is 21.8. The SMILES string of the molecule is C[C@@H](OC[C@@]1(c2ccccc2)C(O)OC(c2ccccc2)N1C(=O)OCc1ccccc1)c1cc(C(F)(F)F)cc(C(F)(F)F)c1. The molecule has 1 aliphatic rings. The van der Waals surface area contributed by atoms with Crippen LogP contribution in [0.2, 0.25) is 0 Å². The van der Waals surface area contributed by atoms with E-state index in [1.54, 1.807) is 91.0 Å². The van der Waals surface area contributed by atoms with E-state index in [1.807, 2.05) is 0 Å². The molecule has 0 aromatic heterocycles. The lowest BCUT2D eigenvalue weighted by molar-refractivity contribution is -0.143. The summed E-state index contributed by atoms with van der Waals surface area (Å²) in [6, 6.07) is 26.6. The van der Waals surface area contributed by atoms with Crippen LogP contribution in [0.3, 0.4) is 0 Å². The maximum Gasteiger partial charge on any atom is 0.416 e. The van der Waals surface area contributed by atoms with Gasteiger partial charge in [0.05, 0.1) is 23.8 Å². The van der Waals surface area contributed by atoms with E-state index in [9.17, 15) is 36.2 Å². The van der Waals surface area contributed by atoms with Crippen LogP contribution in [0.25, 0.3) is 0 Å². The van der Waals surface area contributed by atoms with E-state index in [4.69, 9.17) is 14.2 Å². The van der Waals surface area contributed by atoms with Gasteiger partial charge in [0.2, 0.25) is 0 Å². The number of aliphatic hydroxyl groups is 1. The van der Waals surface area contributed by atoms with Gasteiger partial charge in [-0.05, 0) is 41.8 Å². The number of aliphatic hydroxyl groups excluding tert-OH is 1. The van der Waals surface area contributed by atoms with Crippen molar-refractivity contribution in [1.29, 1.82) is 0 Å². The smallest absolute Gasteiger partial charge is 0.416 e. The van der Waals surface area contributed by atoms with Crippen LogP contribution in [0.4, 0.5) is 31.1 Å². The highest BCUT2D eigenvalue weighted by Crippen LogP contribution is 2.48. The predicted octanol–water partition coefficient (Wildman–Crippen LogP) is 8.38. The van der Waals surface area contributed by atoms with Crippen LogP contribution in [0.1, 0.15) is 52.6 Å². The second-order valence-electron chi connectivity index (χ2n) is 10.7. The highest BCUT2D eigenvalue weighted by molar-refractivity contribution is 5.70. The van der Waals surface area contributed by atoms with Crippen LogP contribution in [0.15, 0.2) is 109 Å². The van der Waals surface area contributed by atoms with E-state index >= 15 is 0 Å². The summed E-state index contributed by atoms with van der Waals surface area (Å²) in [5.74, 6) is 0. The van der Waals surface area contributed by atoms with Crippen molar-refractivity contribution >= 4 is 6.09 Å². The molecule has 6 nitrogen and oxygen atoms in total. The van der Waals surface area contributed by atoms with Gasteiger partial charge in [0.1, 0.15) is 12.1 Å². The molecule has 0 aliphatic carbocycles. The van der Waals surface area contributed by atoms with Gasteiger partial charge in [-0.2, -0.15) is 26.3 Å². The third kappa shape index (κ3) is 6.88. The standard InChI is InChI=1S/C34H29F6NO5/c1-22(25-17-27(33(35,36)37)19-28(18-25)34(38,39)40)45-21-32(26-15-9-4-10-16-26)30(42)46-29(24-13-7-3-8-14-24)41(32)31(43)44-20-23-11-5-2-6-12-23/h2-19,22,29-30,42H,20-21H2,1H3/t22-,29?,30?,32-/m1/s1. The third-order valence-electron chi connectivity index (χ3n) is 7.72. The molecule has 0 spiro atoms. The lowest BCUT2D eigenvalue weighted by Crippen LogP contribution is -2.54. The minimum absolute atomic E-state index is 0.0329. The predicted molar refractivity (Wildman–Crippen MR) is 154 cm³/mol. The van der Waals surface area contributed by atoms with Crippen LogP contribution in [0.5, 0.6) is 0 Å². The average Bonchev–Trinajstić information content (AvgIpc) is 3.35. The molecular formula is C34H29F6NO5. The molecular weight excluding hydrogens is 616 g/mol. The van der Waals surface area contributed by atoms with Crippen molar-refractivity contribution in [2.24, 2.45) is 0 Å². The Bertz CT molecular complexity index is 1590. The van der Waals surface area contributed by atoms with Crippen molar-refractivity contribution in [2.45, 2.75) is 50.0 Å². The zero-order chi connectivity index (χ0) is 33.1. The van der Waals surface area contributed by atoms with Crippen molar-refractivity contribution in [2.75, 3.05) is 6.61 Å². The number of nitrogens with zero attached hydrogens (tertiary/aromatic N) is 1. The Morgan fingerprint density at radius 3 is 1.91 bits per heavy atom. The summed E-state index contributed by atoms with van der Waals surface area (Å²) in [5.41, 5.74) is -3.78. The van der Waals surface area contributed by atoms with Crippen LogP contribution < -0.4 is 0 Å². The molecule has 1 saturated heterocycles. The number of carbonyl (C=O) groups excluding carboxylic acids is 1. The van der Waals surface area contributed by atoms with Gasteiger partial charge in [-0.25, -0.2) is 4.79 Å². The second kappa shape index (κ2) is 13.1. The van der Waals surface area contributed by atoms with E-state index in [0.717, 1.165) is 4.90 Å². The molecule has 1 amide bonds. The molecule has 1 fully saturated rings. The van der Waals surface area contributed by atoms with E-state index in [2.05, 4.69) is 0 Å². The van der Waals surface area contributed by atoms with Crippen molar-refractivity contribution in [3.63, 3.8) is 0 Å². The minimum atomic E-state index is -5.06. The summed E-state index contributed by atoms with van der Waals surface area (Å²) >= 11 is 0. The zero-order valence-corrected chi connectivity index (χ0v) is 24.3. The fourth-order valence-corrected chi connectivity index (χ4v) is 5.31. The molecule has 242 valence electrons. The summed E-state index contributed by atoms with van der Waals surface area (Å²) in [6.45, 7) is 0.546. The first-order valence-corrected chi connectivity index (χ1v) is 14.2. The summed E-state index contributed by atoms with van der Waals surface area (Å²) in [4.78, 5) is 15.1. The monoisotopic (exact) mass is 645 g/mol. The number of hydrogen-bond donors (Lipinski definition) is 1. The number of halogens is 6. The number of carbonyl (C=O) groups is 1. The highest BCUT2D eigenvalue weighted by Gasteiger charge is 2.59. The molecule has 1 aliphatic heterocycles. The van der Waals surface area contributed by atoms with Gasteiger partial charge >= 0.3 is 18.4 Å². The number of hydrogen-bond acceptors (Lipinski definition) is 5. The van der Waals surface area contributed by atoms with Gasteiger partial charge in [-0.15, -0.1) is 0 Å². The molecule has 0 saturated carbocycles. The van der Waals surface area contributed by atoms with E-state index in [1.165, 1.54) is 6.92 Å². The molecule has 1 heterocycles. The quantitative estimate of drug-likeness (QED) is 0.195. The highest BCUT2D eigenvalue weighted by atomic mass is 19.4. The van der Waals surface area contributed by atoms with Gasteiger partial charge in [0.25, 0.3) is 0 Å². The molecule has 5 rings (SSSR count). The Labute approximate surface area is 260 Å². The molecule has 0 bridgehead atoms. The number of benzene rings is 4. The van der Waals surface area contributed by atoms with E-state index in [-0.39, 0.29) is 12.7 Å². The van der Waals surface area contributed by atoms with Crippen LogP contribution in [0, 0.1) is 0 Å². The Kier molecular flexibility index (Phi) is 9.43. The van der Waals surface area contributed by atoms with Gasteiger partial charge < -0.3 is 19.3 Å². The lowest BCUT2D eigenvalue weighted by Gasteiger charge is -2.40. The number of amides is 1. The Hall–Kier alpha value is -4.39. The zero-order valence-electron chi connectivity index (χ0n) is 24.3. The fourth-order valence-electron chi connectivity index (χ4n) is 5.31. The van der Waals surface area contributed by atoms with E-state index in [0.29, 0.717) is 28.8 Å². The average molecular weight is 646 g/mol. The fraction of sp³-hybridized carbons (Fsp3) is 0.265. The lowest BCUT2D eigenvalue weighted by atomic mass is 9.88. The van der Waals surface area contributed by atoms with Gasteiger partial charge in [0.15, 0.2) is 12.5 Å². The van der Waals surface area contributed by atoms with Crippen LogP contribution >= 0.6 is 0 Å². The maximum absolute atomic E-state index is 14.0. The Morgan fingerprint density at radius 2 is 1.37 bits per heavy atom. The Balaban J connectivity index is 1.56. The van der Waals surface area contributed by atoms with Gasteiger partial charge in [-0.1, -0.05) is 91.0 Å². The number of alkyl halides is 6. The minimum Gasteiger partial charge on any atom is -0.444 e. The first-order valence-electron chi connectivity index (χ1n) is 14.2. The van der Waals surface area contributed by atoms with Gasteiger partial charge in [0, 0.05) is 5.56 Å². The molecule has 0 radical (unpaired) electrons. The molecule has 1 N–H and O–H groups in total. The van der Waals surface area contributed by atoms with Crippen LogP contribution in [-0.4, -0.2) is 29.0 Å². The van der Waals surface area contributed by atoms with Crippen molar-refractivity contribution in [1.82, 2.24) is 4.90 Å². The van der Waals surface area contributed by atoms with Gasteiger partial charge in [-0.3, -0.25) is 4.90 Å². The normalized spacial score (nSPS) is 20.8. The van der Waals surface area contributed by atoms with Crippen molar-refractivity contribution in [3.8, 4) is 0 Å². The van der Waals surface area contributed by atoms with E-state index < -0.39 is 65.9 Å². The molecule has 4 aromatic rings. The summed E-state index contributed by atoms with van der Waals surface area (Å²) in [6.07, 6.45) is -15.3. The summed E-state index contributed by atoms with van der Waals surface area (Å²) in [5, 5.41) is 11.6. The molecule has 4 atom stereocenters. The second-order valence-corrected chi connectivity index (χ2v) is 10.7. The maximum atomic E-state index is 14.0. The Morgan fingerprint density at radius 1 is 0.848 bits per heavy atom. The number of rotatable bonds is 8. The molecule has 46 heavy (non-hydrogen) atoms. The van der Waals surface area contributed by atoms with Crippen molar-refractivity contribution in [3.05, 3.63) is 143 Å². The largest absolute Gasteiger partial charge is 0.444 e. The van der Waals surface area contributed by atoms with Crippen LogP contribution in [-0.2, 0) is 38.7 Å². The third-order valence-corrected chi connectivity index (χ3v) is 7.72. The molecule has 4 aromatic carbocycles. The van der Waals surface area contributed by atoms with Crippen molar-refractivity contribution < 1.29 is 50.5 Å². The molecule has 12 heteroatoms. The molecule has 2 unspecified atom stereocenters. The first kappa shape index (κ1) is 33.0. The number of ether oxygens (including phenoxy) is 3. The summed E-state index contributed by atoms with van der Waals surface area (Å²) < 4.78 is 99.2.